The van der Waals surface area contributed by atoms with E-state index in [1.807, 2.05) is 0 Å². The molecule has 4 heteroatoms. The molecule has 3 N–H and O–H groups in total. The monoisotopic (exact) mass is 291 g/mol. The highest BCUT2D eigenvalue weighted by atomic mass is 16.3. The largest absolute Gasteiger partial charge is 0.504 e. The SMILES string of the molecule is CC(C)C[C@@H]1CN2CCc3cc(O)c(O)cc3[C@H]2C[C@@H]1O. The van der Waals surface area contributed by atoms with E-state index in [-0.39, 0.29) is 23.6 Å². The molecule has 0 aliphatic carbocycles. The first-order chi connectivity index (χ1) is 9.95. The maximum atomic E-state index is 10.5. The molecule has 0 amide bonds. The van der Waals surface area contributed by atoms with Crippen LogP contribution in [0.5, 0.6) is 11.5 Å². The topological polar surface area (TPSA) is 63.9 Å². The van der Waals surface area contributed by atoms with Gasteiger partial charge in [0, 0.05) is 19.1 Å². The molecule has 3 rings (SSSR count). The van der Waals surface area contributed by atoms with Crippen LogP contribution in [0.4, 0.5) is 0 Å². The fourth-order valence-electron chi connectivity index (χ4n) is 3.96. The highest BCUT2D eigenvalue weighted by molar-refractivity contribution is 5.48. The Morgan fingerprint density at radius 1 is 1.24 bits per heavy atom. The second-order valence-corrected chi connectivity index (χ2v) is 6.99. The van der Waals surface area contributed by atoms with Crippen LogP contribution in [0, 0.1) is 11.8 Å². The number of hydrogen-bond donors (Lipinski definition) is 3. The average molecular weight is 291 g/mol. The molecule has 1 aromatic rings. The van der Waals surface area contributed by atoms with E-state index in [1.165, 1.54) is 0 Å². The molecule has 2 heterocycles. The fraction of sp³-hybridized carbons (Fsp3) is 0.647. The molecule has 2 aliphatic heterocycles. The summed E-state index contributed by atoms with van der Waals surface area (Å²) in [7, 11) is 0. The van der Waals surface area contributed by atoms with Crippen LogP contribution in [0.1, 0.15) is 43.9 Å². The quantitative estimate of drug-likeness (QED) is 0.732. The maximum Gasteiger partial charge on any atom is 0.157 e. The molecule has 3 atom stereocenters. The van der Waals surface area contributed by atoms with Gasteiger partial charge in [0.25, 0.3) is 0 Å². The molecule has 4 nitrogen and oxygen atoms in total. The summed E-state index contributed by atoms with van der Waals surface area (Å²) < 4.78 is 0. The van der Waals surface area contributed by atoms with Crippen LogP contribution in [0.25, 0.3) is 0 Å². The molecule has 0 saturated carbocycles. The summed E-state index contributed by atoms with van der Waals surface area (Å²) in [5.41, 5.74) is 2.17. The van der Waals surface area contributed by atoms with Gasteiger partial charge in [-0.2, -0.15) is 0 Å². The van der Waals surface area contributed by atoms with Crippen molar-refractivity contribution >= 4 is 0 Å². The third-order valence-electron chi connectivity index (χ3n) is 4.96. The molecule has 1 saturated heterocycles. The van der Waals surface area contributed by atoms with Gasteiger partial charge in [-0.15, -0.1) is 0 Å². The van der Waals surface area contributed by atoms with Gasteiger partial charge in [-0.05, 0) is 54.4 Å². The molecule has 21 heavy (non-hydrogen) atoms. The normalized spacial score (nSPS) is 29.2. The highest BCUT2D eigenvalue weighted by Gasteiger charge is 2.38. The van der Waals surface area contributed by atoms with Crippen LogP contribution < -0.4 is 0 Å². The zero-order valence-corrected chi connectivity index (χ0v) is 12.8. The van der Waals surface area contributed by atoms with E-state index < -0.39 is 0 Å². The molecule has 0 bridgehead atoms. The van der Waals surface area contributed by atoms with E-state index >= 15 is 0 Å². The van der Waals surface area contributed by atoms with E-state index in [0.29, 0.717) is 18.3 Å². The summed E-state index contributed by atoms with van der Waals surface area (Å²) in [6, 6.07) is 3.52. The van der Waals surface area contributed by atoms with Crippen molar-refractivity contribution in [2.75, 3.05) is 13.1 Å². The predicted octanol–water partition coefficient (Wildman–Crippen LogP) is 2.42. The Morgan fingerprint density at radius 3 is 2.67 bits per heavy atom. The molecule has 0 radical (unpaired) electrons. The van der Waals surface area contributed by atoms with Crippen LogP contribution in [-0.2, 0) is 6.42 Å². The van der Waals surface area contributed by atoms with Gasteiger partial charge in [0.1, 0.15) is 0 Å². The lowest BCUT2D eigenvalue weighted by Gasteiger charge is -2.46. The van der Waals surface area contributed by atoms with Crippen molar-refractivity contribution < 1.29 is 15.3 Å². The summed E-state index contributed by atoms with van der Waals surface area (Å²) in [6.07, 6.45) is 2.38. The fourth-order valence-corrected chi connectivity index (χ4v) is 3.96. The van der Waals surface area contributed by atoms with E-state index in [9.17, 15) is 15.3 Å². The number of aliphatic hydroxyl groups excluding tert-OH is 1. The number of aliphatic hydroxyl groups is 1. The maximum absolute atomic E-state index is 10.5. The molecule has 0 unspecified atom stereocenters. The first kappa shape index (κ1) is 14.7. The summed E-state index contributed by atoms with van der Waals surface area (Å²) in [5, 5.41) is 29.9. The number of benzene rings is 1. The van der Waals surface area contributed by atoms with Crippen molar-refractivity contribution in [3.05, 3.63) is 23.3 Å². The third-order valence-corrected chi connectivity index (χ3v) is 4.96. The van der Waals surface area contributed by atoms with E-state index in [4.69, 9.17) is 0 Å². The Hall–Kier alpha value is -1.26. The Bertz CT molecular complexity index is 529. The third kappa shape index (κ3) is 2.74. The van der Waals surface area contributed by atoms with Crippen molar-refractivity contribution in [1.82, 2.24) is 4.90 Å². The van der Waals surface area contributed by atoms with Gasteiger partial charge in [0.15, 0.2) is 11.5 Å². The van der Waals surface area contributed by atoms with Crippen molar-refractivity contribution in [2.24, 2.45) is 11.8 Å². The van der Waals surface area contributed by atoms with Gasteiger partial charge >= 0.3 is 0 Å². The lowest BCUT2D eigenvalue weighted by atomic mass is 9.79. The Labute approximate surface area is 126 Å². The van der Waals surface area contributed by atoms with Crippen LogP contribution in [0.15, 0.2) is 12.1 Å². The smallest absolute Gasteiger partial charge is 0.157 e. The van der Waals surface area contributed by atoms with Crippen molar-refractivity contribution in [2.45, 2.75) is 45.3 Å². The Kier molecular flexibility index (Phi) is 3.84. The molecule has 0 spiro atoms. The Balaban J connectivity index is 1.85. The van der Waals surface area contributed by atoms with Gasteiger partial charge in [-0.1, -0.05) is 13.8 Å². The summed E-state index contributed by atoms with van der Waals surface area (Å²) in [4.78, 5) is 2.43. The minimum atomic E-state index is -0.282. The number of hydrogen-bond acceptors (Lipinski definition) is 4. The van der Waals surface area contributed by atoms with Crippen LogP contribution in [0.3, 0.4) is 0 Å². The van der Waals surface area contributed by atoms with Gasteiger partial charge in [0.2, 0.25) is 0 Å². The summed E-state index contributed by atoms with van der Waals surface area (Å²) in [5.74, 6) is 0.832. The van der Waals surface area contributed by atoms with Crippen molar-refractivity contribution in [3.63, 3.8) is 0 Å². The number of piperidine rings is 1. The van der Waals surface area contributed by atoms with Gasteiger partial charge in [-0.3, -0.25) is 4.90 Å². The number of phenols is 2. The second-order valence-electron chi connectivity index (χ2n) is 6.99. The first-order valence-electron chi connectivity index (χ1n) is 7.92. The zero-order valence-electron chi connectivity index (χ0n) is 12.8. The molecule has 1 aromatic carbocycles. The Morgan fingerprint density at radius 2 is 1.95 bits per heavy atom. The minimum Gasteiger partial charge on any atom is -0.504 e. The number of aromatic hydroxyl groups is 2. The van der Waals surface area contributed by atoms with Gasteiger partial charge in [-0.25, -0.2) is 0 Å². The van der Waals surface area contributed by atoms with Crippen molar-refractivity contribution in [3.8, 4) is 11.5 Å². The molecule has 116 valence electrons. The first-order valence-corrected chi connectivity index (χ1v) is 7.92. The number of nitrogens with zero attached hydrogens (tertiary/aromatic N) is 1. The standard InChI is InChI=1S/C17H25NO3/c1-10(2)5-12-9-18-4-3-11-6-16(20)17(21)7-13(11)14(18)8-15(12)19/h6-7,10,12,14-15,19-21H,3-5,8-9H2,1-2H3/t12-,14-,15+/m1/s1. The highest BCUT2D eigenvalue weighted by Crippen LogP contribution is 2.42. The predicted molar refractivity (Wildman–Crippen MR) is 81.4 cm³/mol. The molecular formula is C17H25NO3. The zero-order chi connectivity index (χ0) is 15.1. The van der Waals surface area contributed by atoms with Crippen LogP contribution in [0.2, 0.25) is 0 Å². The lowest BCUT2D eigenvalue weighted by molar-refractivity contribution is -0.0191. The summed E-state index contributed by atoms with van der Waals surface area (Å²) >= 11 is 0. The number of fused-ring (bicyclic) bond motifs is 3. The van der Waals surface area contributed by atoms with Gasteiger partial charge in [0.05, 0.1) is 6.10 Å². The van der Waals surface area contributed by atoms with E-state index in [1.54, 1.807) is 12.1 Å². The van der Waals surface area contributed by atoms with Crippen LogP contribution in [-0.4, -0.2) is 39.4 Å². The number of phenolic OH excluding ortho intramolecular Hbond substituents is 2. The average Bonchev–Trinajstić information content (AvgIpc) is 2.41. The molecule has 2 aliphatic rings. The van der Waals surface area contributed by atoms with Crippen LogP contribution >= 0.6 is 0 Å². The summed E-state index contributed by atoms with van der Waals surface area (Å²) in [6.45, 7) is 6.28. The molecule has 1 fully saturated rings. The second kappa shape index (κ2) is 5.50. The van der Waals surface area contributed by atoms with Crippen molar-refractivity contribution in [1.29, 1.82) is 0 Å². The molecule has 0 aromatic heterocycles. The van der Waals surface area contributed by atoms with E-state index in [0.717, 1.165) is 37.1 Å². The molecular weight excluding hydrogens is 266 g/mol. The lowest BCUT2D eigenvalue weighted by Crippen LogP contribution is -2.48. The number of rotatable bonds is 2. The minimum absolute atomic E-state index is 0.0451. The van der Waals surface area contributed by atoms with Gasteiger partial charge < -0.3 is 15.3 Å². The van der Waals surface area contributed by atoms with E-state index in [2.05, 4.69) is 18.7 Å².